The fourth-order valence-electron chi connectivity index (χ4n) is 1.75. The number of nitrogens with zero attached hydrogens (tertiary/aromatic N) is 1. The fraction of sp³-hybridized carbons (Fsp3) is 0.267. The van der Waals surface area contributed by atoms with E-state index in [4.69, 9.17) is 4.74 Å². The number of pyridine rings is 1. The molecule has 0 amide bonds. The van der Waals surface area contributed by atoms with Crippen molar-refractivity contribution >= 4 is 0 Å². The second kappa shape index (κ2) is 6.64. The van der Waals surface area contributed by atoms with Crippen molar-refractivity contribution in [1.82, 2.24) is 0 Å². The molecular formula is C15H18NO2+. The summed E-state index contributed by atoms with van der Waals surface area (Å²) in [6, 6.07) is 13.4. The van der Waals surface area contributed by atoms with Crippen molar-refractivity contribution in [1.29, 1.82) is 0 Å². The third-order valence-electron chi connectivity index (χ3n) is 2.67. The van der Waals surface area contributed by atoms with Gasteiger partial charge in [-0.1, -0.05) is 18.2 Å². The van der Waals surface area contributed by atoms with E-state index in [9.17, 15) is 5.11 Å². The molecule has 2 rings (SSSR count). The molecule has 0 atom stereocenters. The molecule has 0 saturated carbocycles. The molecule has 0 spiro atoms. The maximum atomic E-state index is 9.32. The van der Waals surface area contributed by atoms with Gasteiger partial charge in [0.2, 0.25) is 6.20 Å². The molecule has 1 heterocycles. The third kappa shape index (κ3) is 4.09. The summed E-state index contributed by atoms with van der Waals surface area (Å²) in [7, 11) is 0. The van der Waals surface area contributed by atoms with Crippen LogP contribution in [0.3, 0.4) is 0 Å². The molecule has 0 aliphatic heterocycles. The summed E-state index contributed by atoms with van der Waals surface area (Å²) in [5, 5.41) is 9.32. The van der Waals surface area contributed by atoms with Gasteiger partial charge in [-0.2, -0.15) is 0 Å². The highest BCUT2D eigenvalue weighted by Gasteiger charge is 2.01. The van der Waals surface area contributed by atoms with E-state index >= 15 is 0 Å². The Balaban J connectivity index is 1.65. The average molecular weight is 244 g/mol. The van der Waals surface area contributed by atoms with Crippen molar-refractivity contribution in [2.75, 3.05) is 6.61 Å². The highest BCUT2D eigenvalue weighted by molar-refractivity contribution is 5.20. The van der Waals surface area contributed by atoms with Crippen LogP contribution >= 0.6 is 0 Å². The van der Waals surface area contributed by atoms with Crippen LogP contribution < -0.4 is 9.30 Å². The Morgan fingerprint density at radius 3 is 2.61 bits per heavy atom. The Morgan fingerprint density at radius 1 is 1.00 bits per heavy atom. The monoisotopic (exact) mass is 244 g/mol. The van der Waals surface area contributed by atoms with Crippen molar-refractivity contribution < 1.29 is 14.4 Å². The Bertz CT molecular complexity index is 471. The zero-order valence-corrected chi connectivity index (χ0v) is 10.3. The van der Waals surface area contributed by atoms with Gasteiger partial charge >= 0.3 is 0 Å². The van der Waals surface area contributed by atoms with Crippen molar-refractivity contribution in [3.8, 4) is 11.5 Å². The molecular weight excluding hydrogens is 226 g/mol. The molecule has 3 heteroatoms. The van der Waals surface area contributed by atoms with Crippen molar-refractivity contribution in [2.24, 2.45) is 0 Å². The van der Waals surface area contributed by atoms with Gasteiger partial charge < -0.3 is 9.84 Å². The lowest BCUT2D eigenvalue weighted by molar-refractivity contribution is -0.697. The topological polar surface area (TPSA) is 33.3 Å². The first-order valence-electron chi connectivity index (χ1n) is 6.20. The Labute approximate surface area is 107 Å². The zero-order valence-electron chi connectivity index (χ0n) is 10.3. The Kier molecular flexibility index (Phi) is 4.59. The number of aromatic nitrogens is 1. The first-order valence-corrected chi connectivity index (χ1v) is 6.20. The van der Waals surface area contributed by atoms with Crippen LogP contribution in [0.4, 0.5) is 0 Å². The molecule has 0 saturated heterocycles. The van der Waals surface area contributed by atoms with E-state index in [0.717, 1.165) is 31.7 Å². The number of hydrogen-bond donors (Lipinski definition) is 1. The highest BCUT2D eigenvalue weighted by Crippen LogP contribution is 2.08. The van der Waals surface area contributed by atoms with Crippen LogP contribution in [0.25, 0.3) is 0 Å². The van der Waals surface area contributed by atoms with E-state index in [1.807, 2.05) is 47.2 Å². The normalized spacial score (nSPS) is 10.2. The van der Waals surface area contributed by atoms with Gasteiger partial charge in [0, 0.05) is 12.5 Å². The molecule has 2 aromatic rings. The number of para-hydroxylation sites is 1. The minimum Gasteiger partial charge on any atom is -0.503 e. The number of benzene rings is 1. The molecule has 1 N–H and O–H groups in total. The summed E-state index contributed by atoms with van der Waals surface area (Å²) < 4.78 is 7.59. The van der Waals surface area contributed by atoms with Gasteiger partial charge in [0.05, 0.1) is 6.61 Å². The van der Waals surface area contributed by atoms with E-state index in [0.29, 0.717) is 5.75 Å². The molecule has 1 aromatic heterocycles. The lowest BCUT2D eigenvalue weighted by atomic mass is 10.3. The van der Waals surface area contributed by atoms with Crippen LogP contribution in [0.15, 0.2) is 54.9 Å². The van der Waals surface area contributed by atoms with Crippen LogP contribution in [0.5, 0.6) is 11.5 Å². The lowest BCUT2D eigenvalue weighted by Crippen LogP contribution is -2.32. The maximum Gasteiger partial charge on any atom is 0.210 e. The Morgan fingerprint density at radius 2 is 1.83 bits per heavy atom. The van der Waals surface area contributed by atoms with E-state index in [2.05, 4.69) is 0 Å². The van der Waals surface area contributed by atoms with E-state index in [1.54, 1.807) is 12.3 Å². The van der Waals surface area contributed by atoms with Gasteiger partial charge in [-0.15, -0.1) is 0 Å². The number of rotatable bonds is 6. The molecule has 3 nitrogen and oxygen atoms in total. The molecule has 0 bridgehead atoms. The standard InChI is InChI=1S/C15H17NO2/c17-14-7-6-11-16(13-14)10-4-5-12-18-15-8-2-1-3-9-15/h1-3,6-9,11,13H,4-5,10,12H2/p+1. The first-order chi connectivity index (χ1) is 8.84. The molecule has 18 heavy (non-hydrogen) atoms. The summed E-state index contributed by atoms with van der Waals surface area (Å²) in [5.74, 6) is 1.22. The van der Waals surface area contributed by atoms with Gasteiger partial charge in [-0.25, -0.2) is 4.57 Å². The number of aryl methyl sites for hydroxylation is 1. The van der Waals surface area contributed by atoms with Crippen LogP contribution in [-0.2, 0) is 6.54 Å². The number of ether oxygens (including phenoxy) is 1. The van der Waals surface area contributed by atoms with Crippen molar-refractivity contribution in [3.63, 3.8) is 0 Å². The smallest absolute Gasteiger partial charge is 0.210 e. The molecule has 0 aliphatic carbocycles. The van der Waals surface area contributed by atoms with Crippen LogP contribution in [-0.4, -0.2) is 11.7 Å². The lowest BCUT2D eigenvalue weighted by Gasteiger charge is -2.04. The second-order valence-electron chi connectivity index (χ2n) is 4.17. The van der Waals surface area contributed by atoms with Gasteiger partial charge in [-0.3, -0.25) is 0 Å². The molecule has 94 valence electrons. The maximum absolute atomic E-state index is 9.32. The Hall–Kier alpha value is -2.03. The van der Waals surface area contributed by atoms with Gasteiger partial charge in [0.25, 0.3) is 0 Å². The number of unbranched alkanes of at least 4 members (excludes halogenated alkanes) is 1. The van der Waals surface area contributed by atoms with Gasteiger partial charge in [0.15, 0.2) is 11.9 Å². The van der Waals surface area contributed by atoms with E-state index in [1.165, 1.54) is 0 Å². The number of aromatic hydroxyl groups is 1. The summed E-state index contributed by atoms with van der Waals surface area (Å²) in [5.41, 5.74) is 0. The third-order valence-corrected chi connectivity index (χ3v) is 2.67. The van der Waals surface area contributed by atoms with Crippen LogP contribution in [0.1, 0.15) is 12.8 Å². The predicted molar refractivity (Wildman–Crippen MR) is 69.5 cm³/mol. The average Bonchev–Trinajstić information content (AvgIpc) is 2.40. The van der Waals surface area contributed by atoms with Gasteiger partial charge in [0.1, 0.15) is 12.3 Å². The summed E-state index contributed by atoms with van der Waals surface area (Å²) in [6.07, 6.45) is 5.72. The van der Waals surface area contributed by atoms with Crippen LogP contribution in [0.2, 0.25) is 0 Å². The molecule has 0 aliphatic rings. The molecule has 0 unspecified atom stereocenters. The molecule has 1 aromatic carbocycles. The largest absolute Gasteiger partial charge is 0.503 e. The highest BCUT2D eigenvalue weighted by atomic mass is 16.5. The minimum atomic E-state index is 0.304. The molecule has 0 fully saturated rings. The molecule has 0 radical (unpaired) electrons. The van der Waals surface area contributed by atoms with Crippen molar-refractivity contribution in [3.05, 3.63) is 54.9 Å². The predicted octanol–water partition coefficient (Wildman–Crippen LogP) is 2.54. The summed E-state index contributed by atoms with van der Waals surface area (Å²) >= 11 is 0. The second-order valence-corrected chi connectivity index (χ2v) is 4.17. The zero-order chi connectivity index (χ0) is 12.6. The first kappa shape index (κ1) is 12.4. The quantitative estimate of drug-likeness (QED) is 0.625. The van der Waals surface area contributed by atoms with Crippen LogP contribution in [0, 0.1) is 0 Å². The SMILES string of the molecule is Oc1ccc[n+](CCCCOc2ccccc2)c1. The number of hydrogen-bond acceptors (Lipinski definition) is 2. The van der Waals surface area contributed by atoms with E-state index < -0.39 is 0 Å². The van der Waals surface area contributed by atoms with Gasteiger partial charge in [-0.05, 0) is 24.6 Å². The summed E-state index contributed by atoms with van der Waals surface area (Å²) in [6.45, 7) is 1.62. The van der Waals surface area contributed by atoms with Crippen molar-refractivity contribution in [2.45, 2.75) is 19.4 Å². The minimum absolute atomic E-state index is 0.304. The summed E-state index contributed by atoms with van der Waals surface area (Å²) in [4.78, 5) is 0. The van der Waals surface area contributed by atoms with E-state index in [-0.39, 0.29) is 0 Å². The fourth-order valence-corrected chi connectivity index (χ4v) is 1.75.